The number of hydrogen-bond acceptors (Lipinski definition) is 4. The average Bonchev–Trinajstić information content (AvgIpc) is 2.82. The summed E-state index contributed by atoms with van der Waals surface area (Å²) >= 11 is 0. The zero-order valence-electron chi connectivity index (χ0n) is 18.4. The number of carbonyl (C=O) groups is 1. The second-order valence-electron chi connectivity index (χ2n) is 7.81. The van der Waals surface area contributed by atoms with E-state index < -0.39 is 10.0 Å². The van der Waals surface area contributed by atoms with Gasteiger partial charge in [0, 0.05) is 10.9 Å². The van der Waals surface area contributed by atoms with Crippen LogP contribution in [-0.4, -0.2) is 25.6 Å². The molecule has 4 aromatic rings. The standard InChI is InChI=1S/C26H25N3O3S/c1-3-21(18-12-6-4-7-13-18)28-26(30)23-20-16-10-11-17-22(20)27-24(19-14-8-5-9-15-19)25(23)29-33(2,31)32/h4-17,21,29H,3H2,1-2H3,(H,28,30)/t21-/m0/s1. The van der Waals surface area contributed by atoms with Gasteiger partial charge in [-0.05, 0) is 18.1 Å². The van der Waals surface area contributed by atoms with Crippen molar-refractivity contribution in [2.24, 2.45) is 0 Å². The molecule has 0 aliphatic heterocycles. The van der Waals surface area contributed by atoms with E-state index in [9.17, 15) is 13.2 Å². The Morgan fingerprint density at radius 1 is 0.909 bits per heavy atom. The Morgan fingerprint density at radius 3 is 2.15 bits per heavy atom. The molecule has 2 N–H and O–H groups in total. The summed E-state index contributed by atoms with van der Waals surface area (Å²) in [6.45, 7) is 1.99. The molecule has 0 bridgehead atoms. The molecule has 0 aliphatic rings. The minimum Gasteiger partial charge on any atom is -0.345 e. The van der Waals surface area contributed by atoms with Crippen molar-refractivity contribution in [1.29, 1.82) is 0 Å². The summed E-state index contributed by atoms with van der Waals surface area (Å²) in [6.07, 6.45) is 1.75. The fraction of sp³-hybridized carbons (Fsp3) is 0.154. The van der Waals surface area contributed by atoms with Gasteiger partial charge in [-0.2, -0.15) is 0 Å². The smallest absolute Gasteiger partial charge is 0.254 e. The van der Waals surface area contributed by atoms with Gasteiger partial charge in [0.25, 0.3) is 5.91 Å². The highest BCUT2D eigenvalue weighted by Crippen LogP contribution is 2.35. The lowest BCUT2D eigenvalue weighted by atomic mass is 9.99. The van der Waals surface area contributed by atoms with E-state index in [0.29, 0.717) is 28.6 Å². The Morgan fingerprint density at radius 2 is 1.52 bits per heavy atom. The van der Waals surface area contributed by atoms with Crippen LogP contribution in [0.25, 0.3) is 22.2 Å². The van der Waals surface area contributed by atoms with Crippen LogP contribution in [0.15, 0.2) is 84.9 Å². The third kappa shape index (κ3) is 5.04. The lowest BCUT2D eigenvalue weighted by Gasteiger charge is -2.21. The summed E-state index contributed by atoms with van der Waals surface area (Å²) in [5.41, 5.74) is 3.11. The molecular weight excluding hydrogens is 434 g/mol. The average molecular weight is 460 g/mol. The summed E-state index contributed by atoms with van der Waals surface area (Å²) in [6, 6.07) is 26.0. The van der Waals surface area contributed by atoms with Gasteiger partial charge in [0.1, 0.15) is 0 Å². The number of anilines is 1. The second-order valence-corrected chi connectivity index (χ2v) is 9.56. The van der Waals surface area contributed by atoms with Gasteiger partial charge < -0.3 is 5.32 Å². The van der Waals surface area contributed by atoms with E-state index >= 15 is 0 Å². The van der Waals surface area contributed by atoms with Crippen molar-refractivity contribution in [2.75, 3.05) is 11.0 Å². The lowest BCUT2D eigenvalue weighted by molar-refractivity contribution is 0.0938. The first-order chi connectivity index (χ1) is 15.9. The Balaban J connectivity index is 1.93. The first kappa shape index (κ1) is 22.5. The Hall–Kier alpha value is -3.71. The summed E-state index contributed by atoms with van der Waals surface area (Å²) in [5, 5.41) is 3.67. The first-order valence-electron chi connectivity index (χ1n) is 10.7. The molecule has 6 nitrogen and oxygen atoms in total. The molecule has 1 heterocycles. The number of fused-ring (bicyclic) bond motifs is 1. The summed E-state index contributed by atoms with van der Waals surface area (Å²) in [7, 11) is -3.69. The van der Waals surface area contributed by atoms with Gasteiger partial charge in [-0.25, -0.2) is 13.4 Å². The molecular formula is C26H25N3O3S. The lowest BCUT2D eigenvalue weighted by Crippen LogP contribution is -2.30. The number of rotatable bonds is 7. The van der Waals surface area contributed by atoms with Crippen LogP contribution in [0.1, 0.15) is 35.3 Å². The number of hydrogen-bond donors (Lipinski definition) is 2. The van der Waals surface area contributed by atoms with E-state index in [0.717, 1.165) is 11.8 Å². The number of carbonyl (C=O) groups excluding carboxylic acids is 1. The van der Waals surface area contributed by atoms with Gasteiger partial charge >= 0.3 is 0 Å². The van der Waals surface area contributed by atoms with Crippen molar-refractivity contribution < 1.29 is 13.2 Å². The molecule has 4 rings (SSSR count). The quantitative estimate of drug-likeness (QED) is 0.400. The van der Waals surface area contributed by atoms with E-state index in [-0.39, 0.29) is 23.2 Å². The van der Waals surface area contributed by atoms with Crippen molar-refractivity contribution in [1.82, 2.24) is 10.3 Å². The van der Waals surface area contributed by atoms with Crippen LogP contribution in [0.5, 0.6) is 0 Å². The summed E-state index contributed by atoms with van der Waals surface area (Å²) < 4.78 is 27.2. The minimum atomic E-state index is -3.69. The number of pyridine rings is 1. The highest BCUT2D eigenvalue weighted by atomic mass is 32.2. The molecule has 1 amide bonds. The van der Waals surface area contributed by atoms with Gasteiger partial charge in [0.15, 0.2) is 0 Å². The molecule has 0 saturated carbocycles. The topological polar surface area (TPSA) is 88.2 Å². The van der Waals surface area contributed by atoms with E-state index in [2.05, 4.69) is 10.0 Å². The maximum absolute atomic E-state index is 13.7. The zero-order valence-corrected chi connectivity index (χ0v) is 19.3. The molecule has 168 valence electrons. The number of para-hydroxylation sites is 1. The Labute approximate surface area is 193 Å². The number of amides is 1. The number of nitrogens with zero attached hydrogens (tertiary/aromatic N) is 1. The fourth-order valence-corrected chi connectivity index (χ4v) is 4.44. The Bertz CT molecular complexity index is 1390. The molecule has 0 aliphatic carbocycles. The first-order valence-corrected chi connectivity index (χ1v) is 12.6. The van der Waals surface area contributed by atoms with Crippen molar-refractivity contribution in [3.8, 4) is 11.3 Å². The van der Waals surface area contributed by atoms with Gasteiger partial charge in [-0.15, -0.1) is 0 Å². The normalized spacial score (nSPS) is 12.3. The highest BCUT2D eigenvalue weighted by Gasteiger charge is 2.25. The van der Waals surface area contributed by atoms with Crippen LogP contribution >= 0.6 is 0 Å². The predicted octanol–water partition coefficient (Wildman–Crippen LogP) is 5.15. The summed E-state index contributed by atoms with van der Waals surface area (Å²) in [4.78, 5) is 18.4. The van der Waals surface area contributed by atoms with E-state index in [1.54, 1.807) is 6.07 Å². The maximum Gasteiger partial charge on any atom is 0.254 e. The van der Waals surface area contributed by atoms with Crippen LogP contribution in [0.2, 0.25) is 0 Å². The van der Waals surface area contributed by atoms with Crippen LogP contribution in [-0.2, 0) is 10.0 Å². The van der Waals surface area contributed by atoms with Gasteiger partial charge in [-0.3, -0.25) is 9.52 Å². The summed E-state index contributed by atoms with van der Waals surface area (Å²) in [5.74, 6) is -0.368. The second kappa shape index (κ2) is 9.42. The van der Waals surface area contributed by atoms with Crippen molar-refractivity contribution in [2.45, 2.75) is 19.4 Å². The van der Waals surface area contributed by atoms with Crippen molar-refractivity contribution >= 4 is 32.5 Å². The van der Waals surface area contributed by atoms with Gasteiger partial charge in [0.2, 0.25) is 10.0 Å². The SMILES string of the molecule is CC[C@H](NC(=O)c1c(NS(C)(=O)=O)c(-c2ccccc2)nc2ccccc12)c1ccccc1. The molecule has 1 atom stereocenters. The van der Waals surface area contributed by atoms with Crippen LogP contribution < -0.4 is 10.0 Å². The predicted molar refractivity (Wildman–Crippen MR) is 133 cm³/mol. The monoisotopic (exact) mass is 459 g/mol. The van der Waals surface area contributed by atoms with E-state index in [1.807, 2.05) is 85.8 Å². The van der Waals surface area contributed by atoms with Crippen molar-refractivity contribution in [3.05, 3.63) is 96.1 Å². The third-order valence-corrected chi connectivity index (χ3v) is 5.94. The molecule has 7 heteroatoms. The largest absolute Gasteiger partial charge is 0.345 e. The highest BCUT2D eigenvalue weighted by molar-refractivity contribution is 7.92. The minimum absolute atomic E-state index is 0.169. The Kier molecular flexibility index (Phi) is 6.42. The number of sulfonamides is 1. The number of aromatic nitrogens is 1. The molecule has 33 heavy (non-hydrogen) atoms. The van der Waals surface area contributed by atoms with Crippen molar-refractivity contribution in [3.63, 3.8) is 0 Å². The molecule has 0 saturated heterocycles. The van der Waals surface area contributed by atoms with Gasteiger partial charge in [-0.1, -0.05) is 85.8 Å². The number of nitrogens with one attached hydrogen (secondary N) is 2. The molecule has 0 fully saturated rings. The van der Waals surface area contributed by atoms with Crippen LogP contribution in [0.4, 0.5) is 5.69 Å². The molecule has 1 aromatic heterocycles. The van der Waals surface area contributed by atoms with E-state index in [1.165, 1.54) is 0 Å². The maximum atomic E-state index is 13.7. The van der Waals surface area contributed by atoms with Crippen LogP contribution in [0, 0.1) is 0 Å². The fourth-order valence-electron chi connectivity index (χ4n) is 3.87. The van der Waals surface area contributed by atoms with E-state index in [4.69, 9.17) is 4.98 Å². The molecule has 3 aromatic carbocycles. The molecule has 0 spiro atoms. The third-order valence-electron chi connectivity index (χ3n) is 5.37. The van der Waals surface area contributed by atoms with Crippen LogP contribution in [0.3, 0.4) is 0 Å². The number of benzene rings is 3. The molecule has 0 unspecified atom stereocenters. The van der Waals surface area contributed by atoms with Gasteiger partial charge in [0.05, 0.1) is 34.8 Å². The zero-order chi connectivity index (χ0) is 23.4. The molecule has 0 radical (unpaired) electrons.